The van der Waals surface area contributed by atoms with Gasteiger partial charge in [-0.3, -0.25) is 0 Å². The number of methoxy groups -OCH3 is 1. The van der Waals surface area contributed by atoms with Crippen LogP contribution in [0.2, 0.25) is 0 Å². The van der Waals surface area contributed by atoms with Gasteiger partial charge in [-0.2, -0.15) is 0 Å². The highest BCUT2D eigenvalue weighted by atomic mass is 16.5. The van der Waals surface area contributed by atoms with Crippen molar-refractivity contribution in [2.45, 2.75) is 13.0 Å². The molecule has 0 bridgehead atoms. The first kappa shape index (κ1) is 10.1. The number of nitrogens with zero attached hydrogens (tertiary/aromatic N) is 2. The Balaban J connectivity index is 2.29. The minimum Gasteiger partial charge on any atom is -0.384 e. The van der Waals surface area contributed by atoms with E-state index in [-0.39, 0.29) is 0 Å². The zero-order valence-electron chi connectivity index (χ0n) is 8.81. The SMILES string of the molecule is COCCc1cn2ccc(CN)cc2n1. The summed E-state index contributed by atoms with van der Waals surface area (Å²) in [5.41, 5.74) is 8.67. The van der Waals surface area contributed by atoms with E-state index < -0.39 is 0 Å². The second-order valence-electron chi connectivity index (χ2n) is 3.48. The van der Waals surface area contributed by atoms with Gasteiger partial charge in [0.1, 0.15) is 5.65 Å². The van der Waals surface area contributed by atoms with Crippen LogP contribution in [0, 0.1) is 0 Å². The summed E-state index contributed by atoms with van der Waals surface area (Å²) in [6, 6.07) is 4.02. The topological polar surface area (TPSA) is 52.5 Å². The maximum absolute atomic E-state index is 5.57. The molecule has 15 heavy (non-hydrogen) atoms. The monoisotopic (exact) mass is 205 g/mol. The first-order valence-electron chi connectivity index (χ1n) is 4.99. The lowest BCUT2D eigenvalue weighted by atomic mass is 10.3. The average Bonchev–Trinajstić information content (AvgIpc) is 2.67. The van der Waals surface area contributed by atoms with Gasteiger partial charge < -0.3 is 14.9 Å². The molecule has 0 aromatic carbocycles. The number of nitrogens with two attached hydrogens (primary N) is 1. The van der Waals surface area contributed by atoms with Gasteiger partial charge in [0.15, 0.2) is 0 Å². The van der Waals surface area contributed by atoms with Gasteiger partial charge in [0.2, 0.25) is 0 Å². The van der Waals surface area contributed by atoms with Gasteiger partial charge in [0, 0.05) is 32.5 Å². The molecule has 2 heterocycles. The third-order valence-electron chi connectivity index (χ3n) is 2.37. The quantitative estimate of drug-likeness (QED) is 0.809. The van der Waals surface area contributed by atoms with E-state index in [1.165, 1.54) is 0 Å². The summed E-state index contributed by atoms with van der Waals surface area (Å²) < 4.78 is 7.02. The predicted molar refractivity (Wildman–Crippen MR) is 58.7 cm³/mol. The number of fused-ring (bicyclic) bond motifs is 1. The molecular formula is C11H15N3O. The van der Waals surface area contributed by atoms with Crippen molar-refractivity contribution >= 4 is 5.65 Å². The molecule has 2 aromatic rings. The lowest BCUT2D eigenvalue weighted by Gasteiger charge is -1.96. The summed E-state index contributed by atoms with van der Waals surface area (Å²) in [6.45, 7) is 1.25. The number of pyridine rings is 1. The van der Waals surface area contributed by atoms with Crippen LogP contribution in [-0.4, -0.2) is 23.1 Å². The van der Waals surface area contributed by atoms with Crippen LogP contribution in [0.3, 0.4) is 0 Å². The van der Waals surface area contributed by atoms with Crippen molar-refractivity contribution in [2.75, 3.05) is 13.7 Å². The highest BCUT2D eigenvalue weighted by molar-refractivity contribution is 5.42. The first-order chi connectivity index (χ1) is 7.33. The molecule has 0 saturated heterocycles. The molecule has 4 heteroatoms. The van der Waals surface area contributed by atoms with Gasteiger partial charge in [-0.05, 0) is 17.7 Å². The number of imidazole rings is 1. The van der Waals surface area contributed by atoms with E-state index in [1.807, 2.05) is 28.9 Å². The molecule has 0 spiro atoms. The van der Waals surface area contributed by atoms with E-state index in [1.54, 1.807) is 7.11 Å². The molecule has 4 nitrogen and oxygen atoms in total. The molecule has 0 fully saturated rings. The summed E-state index contributed by atoms with van der Waals surface area (Å²) >= 11 is 0. The van der Waals surface area contributed by atoms with Crippen LogP contribution in [0.1, 0.15) is 11.3 Å². The Bertz CT molecular complexity index is 450. The third kappa shape index (κ3) is 2.16. The Hall–Kier alpha value is -1.39. The predicted octanol–water partition coefficient (Wildman–Crippen LogP) is 0.982. The van der Waals surface area contributed by atoms with Crippen LogP contribution in [0.4, 0.5) is 0 Å². The lowest BCUT2D eigenvalue weighted by Crippen LogP contribution is -1.96. The van der Waals surface area contributed by atoms with Crippen LogP contribution < -0.4 is 5.73 Å². The molecule has 0 amide bonds. The van der Waals surface area contributed by atoms with Gasteiger partial charge in [-0.1, -0.05) is 0 Å². The van der Waals surface area contributed by atoms with Crippen molar-refractivity contribution < 1.29 is 4.74 Å². The van der Waals surface area contributed by atoms with Crippen LogP contribution in [0.15, 0.2) is 24.5 Å². The highest BCUT2D eigenvalue weighted by Gasteiger charge is 2.01. The van der Waals surface area contributed by atoms with Gasteiger partial charge in [-0.15, -0.1) is 0 Å². The van der Waals surface area contributed by atoms with Crippen LogP contribution in [-0.2, 0) is 17.7 Å². The molecule has 0 radical (unpaired) electrons. The van der Waals surface area contributed by atoms with Crippen molar-refractivity contribution in [3.05, 3.63) is 35.8 Å². The fourth-order valence-electron chi connectivity index (χ4n) is 1.53. The second kappa shape index (κ2) is 4.42. The summed E-state index contributed by atoms with van der Waals surface area (Å²) in [6.07, 6.45) is 4.85. The molecule has 0 saturated carbocycles. The van der Waals surface area contributed by atoms with Gasteiger partial charge in [0.05, 0.1) is 12.3 Å². The third-order valence-corrected chi connectivity index (χ3v) is 2.37. The maximum atomic E-state index is 5.57. The minimum atomic E-state index is 0.552. The van der Waals surface area contributed by atoms with Crippen LogP contribution in [0.5, 0.6) is 0 Å². The fourth-order valence-corrected chi connectivity index (χ4v) is 1.53. The molecule has 0 aliphatic heterocycles. The minimum absolute atomic E-state index is 0.552. The number of aromatic nitrogens is 2. The molecule has 0 aliphatic carbocycles. The number of rotatable bonds is 4. The summed E-state index contributed by atoms with van der Waals surface area (Å²) in [4.78, 5) is 4.49. The van der Waals surface area contributed by atoms with Crippen molar-refractivity contribution in [3.8, 4) is 0 Å². The summed E-state index contributed by atoms with van der Waals surface area (Å²) in [5, 5.41) is 0. The zero-order chi connectivity index (χ0) is 10.7. The normalized spacial score (nSPS) is 11.1. The van der Waals surface area contributed by atoms with Crippen molar-refractivity contribution in [2.24, 2.45) is 5.73 Å². The Morgan fingerprint density at radius 2 is 2.40 bits per heavy atom. The average molecular weight is 205 g/mol. The largest absolute Gasteiger partial charge is 0.384 e. The van der Waals surface area contributed by atoms with Crippen molar-refractivity contribution in [1.82, 2.24) is 9.38 Å². The van der Waals surface area contributed by atoms with Crippen LogP contribution in [0.25, 0.3) is 5.65 Å². The van der Waals surface area contributed by atoms with Gasteiger partial charge >= 0.3 is 0 Å². The smallest absolute Gasteiger partial charge is 0.137 e. The van der Waals surface area contributed by atoms with Crippen molar-refractivity contribution in [3.63, 3.8) is 0 Å². The molecule has 0 aliphatic rings. The molecule has 2 N–H and O–H groups in total. The fraction of sp³-hybridized carbons (Fsp3) is 0.364. The molecule has 0 atom stereocenters. The summed E-state index contributed by atoms with van der Waals surface area (Å²) in [5.74, 6) is 0. The van der Waals surface area contributed by atoms with Gasteiger partial charge in [-0.25, -0.2) is 4.98 Å². The zero-order valence-corrected chi connectivity index (χ0v) is 8.81. The first-order valence-corrected chi connectivity index (χ1v) is 4.99. The second-order valence-corrected chi connectivity index (χ2v) is 3.48. The molecular weight excluding hydrogens is 190 g/mol. The Labute approximate surface area is 88.7 Å². The highest BCUT2D eigenvalue weighted by Crippen LogP contribution is 2.08. The molecule has 80 valence electrons. The van der Waals surface area contributed by atoms with Crippen molar-refractivity contribution in [1.29, 1.82) is 0 Å². The van der Waals surface area contributed by atoms with Gasteiger partial charge in [0.25, 0.3) is 0 Å². The van der Waals surface area contributed by atoms with E-state index in [0.717, 1.165) is 23.3 Å². The van der Waals surface area contributed by atoms with E-state index in [2.05, 4.69) is 4.98 Å². The van der Waals surface area contributed by atoms with E-state index in [4.69, 9.17) is 10.5 Å². The Kier molecular flexibility index (Phi) is 2.99. The molecule has 2 rings (SSSR count). The Morgan fingerprint density at radius 1 is 1.53 bits per heavy atom. The number of hydrogen-bond acceptors (Lipinski definition) is 3. The number of hydrogen-bond donors (Lipinski definition) is 1. The van der Waals surface area contributed by atoms with Crippen LogP contribution >= 0.6 is 0 Å². The van der Waals surface area contributed by atoms with E-state index in [9.17, 15) is 0 Å². The molecule has 2 aromatic heterocycles. The standard InChI is InChI=1S/C11H15N3O/c1-15-5-3-10-8-14-4-2-9(7-12)6-11(14)13-10/h2,4,6,8H,3,5,7,12H2,1H3. The lowest BCUT2D eigenvalue weighted by molar-refractivity contribution is 0.201. The molecule has 0 unspecified atom stereocenters. The maximum Gasteiger partial charge on any atom is 0.137 e. The Morgan fingerprint density at radius 3 is 3.13 bits per heavy atom. The van der Waals surface area contributed by atoms with E-state index in [0.29, 0.717) is 13.2 Å². The van der Waals surface area contributed by atoms with E-state index >= 15 is 0 Å². The summed E-state index contributed by atoms with van der Waals surface area (Å²) in [7, 11) is 1.70. The number of ether oxygens (including phenoxy) is 1.